The van der Waals surface area contributed by atoms with Crippen LogP contribution >= 0.6 is 11.3 Å². The van der Waals surface area contributed by atoms with Gasteiger partial charge in [-0.05, 0) is 50.0 Å². The van der Waals surface area contributed by atoms with Crippen molar-refractivity contribution in [2.75, 3.05) is 18.4 Å². The molecule has 4 nitrogen and oxygen atoms in total. The van der Waals surface area contributed by atoms with Crippen molar-refractivity contribution >= 4 is 22.4 Å². The number of likely N-dealkylation sites (tertiary alicyclic amines) is 1. The average Bonchev–Trinajstić information content (AvgIpc) is 2.99. The number of thiazole rings is 1. The number of nitrogens with one attached hydrogen (secondary N) is 1. The Kier molecular flexibility index (Phi) is 5.20. The zero-order valence-corrected chi connectivity index (χ0v) is 14.2. The van der Waals surface area contributed by atoms with Crippen LogP contribution in [0, 0.1) is 17.6 Å². The first kappa shape index (κ1) is 17.0. The van der Waals surface area contributed by atoms with E-state index in [4.69, 9.17) is 0 Å². The Morgan fingerprint density at radius 1 is 1.38 bits per heavy atom. The van der Waals surface area contributed by atoms with Crippen LogP contribution in [-0.2, 0) is 6.54 Å². The monoisotopic (exact) mass is 351 g/mol. The molecule has 1 aliphatic heterocycles. The van der Waals surface area contributed by atoms with Crippen molar-refractivity contribution in [1.29, 1.82) is 0 Å². The first-order valence-corrected chi connectivity index (χ1v) is 8.82. The smallest absolute Gasteiger partial charge is 0.260 e. The molecule has 2 heterocycles. The molecule has 0 unspecified atom stereocenters. The van der Waals surface area contributed by atoms with E-state index in [-0.39, 0.29) is 5.56 Å². The summed E-state index contributed by atoms with van der Waals surface area (Å²) in [4.78, 5) is 18.8. The van der Waals surface area contributed by atoms with E-state index in [0.29, 0.717) is 5.13 Å². The number of rotatable bonds is 4. The molecule has 1 amide bonds. The van der Waals surface area contributed by atoms with Gasteiger partial charge in [0, 0.05) is 11.9 Å². The SMILES string of the molecule is CC1CCN(Cc2csc(NC(=O)c3cc(F)ccc3F)n2)CC1. The van der Waals surface area contributed by atoms with Crippen molar-refractivity contribution in [3.05, 3.63) is 46.5 Å². The van der Waals surface area contributed by atoms with Gasteiger partial charge in [-0.15, -0.1) is 11.3 Å². The summed E-state index contributed by atoms with van der Waals surface area (Å²) in [5, 5.41) is 4.81. The van der Waals surface area contributed by atoms with E-state index in [1.54, 1.807) is 0 Å². The van der Waals surface area contributed by atoms with Crippen LogP contribution in [0.4, 0.5) is 13.9 Å². The molecular formula is C17H19F2N3OS. The van der Waals surface area contributed by atoms with Crippen LogP contribution in [-0.4, -0.2) is 28.9 Å². The maximum absolute atomic E-state index is 13.6. The number of carbonyl (C=O) groups is 1. The van der Waals surface area contributed by atoms with Crippen LogP contribution in [0.3, 0.4) is 0 Å². The number of aromatic nitrogens is 1. The standard InChI is InChI=1S/C17H19F2N3OS/c1-11-4-6-22(7-5-11)9-13-10-24-17(20-13)21-16(23)14-8-12(18)2-3-15(14)19/h2-3,8,10-11H,4-7,9H2,1H3,(H,20,21,23). The number of hydrogen-bond acceptors (Lipinski definition) is 4. The molecular weight excluding hydrogens is 332 g/mol. The third-order valence-electron chi connectivity index (χ3n) is 4.21. The largest absolute Gasteiger partial charge is 0.298 e. The van der Waals surface area contributed by atoms with Crippen LogP contribution in [0.25, 0.3) is 0 Å². The number of amides is 1. The van der Waals surface area contributed by atoms with Gasteiger partial charge >= 0.3 is 0 Å². The second-order valence-electron chi connectivity index (χ2n) is 6.18. The van der Waals surface area contributed by atoms with Crippen LogP contribution in [0.2, 0.25) is 0 Å². The number of carbonyl (C=O) groups excluding carboxylic acids is 1. The van der Waals surface area contributed by atoms with Gasteiger partial charge in [0.25, 0.3) is 5.91 Å². The number of nitrogens with zero attached hydrogens (tertiary/aromatic N) is 2. The molecule has 1 saturated heterocycles. The number of hydrogen-bond donors (Lipinski definition) is 1. The van der Waals surface area contributed by atoms with Gasteiger partial charge in [-0.25, -0.2) is 13.8 Å². The molecule has 0 atom stereocenters. The predicted octanol–water partition coefficient (Wildman–Crippen LogP) is 3.91. The fourth-order valence-corrected chi connectivity index (χ4v) is 3.42. The zero-order chi connectivity index (χ0) is 17.1. The number of anilines is 1. The van der Waals surface area contributed by atoms with E-state index in [1.807, 2.05) is 5.38 Å². The van der Waals surface area contributed by atoms with E-state index in [9.17, 15) is 13.6 Å². The molecule has 0 saturated carbocycles. The molecule has 0 bridgehead atoms. The van der Waals surface area contributed by atoms with Gasteiger partial charge in [-0.3, -0.25) is 15.0 Å². The van der Waals surface area contributed by atoms with Crippen molar-refractivity contribution in [2.45, 2.75) is 26.3 Å². The number of halogens is 2. The fraction of sp³-hybridized carbons (Fsp3) is 0.412. The van der Waals surface area contributed by atoms with E-state index in [2.05, 4.69) is 22.1 Å². The summed E-state index contributed by atoms with van der Waals surface area (Å²) in [5.74, 6) is -1.33. The first-order valence-electron chi connectivity index (χ1n) is 7.94. The second kappa shape index (κ2) is 7.36. The van der Waals surface area contributed by atoms with E-state index in [0.717, 1.165) is 49.4 Å². The number of piperidine rings is 1. The third-order valence-corrected chi connectivity index (χ3v) is 5.01. The Bertz CT molecular complexity index is 726. The Labute approximate surface area is 143 Å². The molecule has 0 aliphatic carbocycles. The highest BCUT2D eigenvalue weighted by atomic mass is 32.1. The van der Waals surface area contributed by atoms with Gasteiger partial charge in [0.15, 0.2) is 5.13 Å². The highest BCUT2D eigenvalue weighted by molar-refractivity contribution is 7.13. The van der Waals surface area contributed by atoms with Crippen LogP contribution < -0.4 is 5.32 Å². The average molecular weight is 351 g/mol. The highest BCUT2D eigenvalue weighted by Gasteiger charge is 2.18. The van der Waals surface area contributed by atoms with Gasteiger partial charge < -0.3 is 0 Å². The minimum Gasteiger partial charge on any atom is -0.298 e. The molecule has 1 aromatic heterocycles. The van der Waals surface area contributed by atoms with Crippen LogP contribution in [0.5, 0.6) is 0 Å². The first-order chi connectivity index (χ1) is 11.5. The molecule has 128 valence electrons. The van der Waals surface area contributed by atoms with E-state index in [1.165, 1.54) is 24.2 Å². The zero-order valence-electron chi connectivity index (χ0n) is 13.4. The molecule has 24 heavy (non-hydrogen) atoms. The molecule has 0 spiro atoms. The Hall–Kier alpha value is -1.86. The summed E-state index contributed by atoms with van der Waals surface area (Å²) in [6, 6.07) is 2.80. The summed E-state index contributed by atoms with van der Waals surface area (Å²) in [6.45, 7) is 5.11. The van der Waals surface area contributed by atoms with E-state index >= 15 is 0 Å². The molecule has 3 rings (SSSR count). The van der Waals surface area contributed by atoms with Gasteiger partial charge in [0.05, 0.1) is 11.3 Å². The summed E-state index contributed by atoms with van der Waals surface area (Å²) in [6.07, 6.45) is 2.37. The van der Waals surface area contributed by atoms with Crippen molar-refractivity contribution in [3.8, 4) is 0 Å². The minimum atomic E-state index is -0.756. The topological polar surface area (TPSA) is 45.2 Å². The van der Waals surface area contributed by atoms with Crippen molar-refractivity contribution in [1.82, 2.24) is 9.88 Å². The summed E-state index contributed by atoms with van der Waals surface area (Å²) < 4.78 is 26.8. The third kappa shape index (κ3) is 4.15. The Morgan fingerprint density at radius 3 is 2.88 bits per heavy atom. The Balaban J connectivity index is 1.61. The number of benzene rings is 1. The van der Waals surface area contributed by atoms with Crippen LogP contribution in [0.1, 0.15) is 35.8 Å². The highest BCUT2D eigenvalue weighted by Crippen LogP contribution is 2.21. The van der Waals surface area contributed by atoms with Crippen molar-refractivity contribution < 1.29 is 13.6 Å². The summed E-state index contributed by atoms with van der Waals surface area (Å²) in [5.41, 5.74) is 0.557. The summed E-state index contributed by atoms with van der Waals surface area (Å²) in [7, 11) is 0. The molecule has 1 N–H and O–H groups in total. The van der Waals surface area contributed by atoms with Gasteiger partial charge in [-0.2, -0.15) is 0 Å². The second-order valence-corrected chi connectivity index (χ2v) is 7.04. The quantitative estimate of drug-likeness (QED) is 0.908. The minimum absolute atomic E-state index is 0.322. The molecule has 7 heteroatoms. The lowest BCUT2D eigenvalue weighted by Crippen LogP contribution is -2.32. The lowest BCUT2D eigenvalue weighted by molar-refractivity contribution is 0.102. The molecule has 1 fully saturated rings. The fourth-order valence-electron chi connectivity index (χ4n) is 2.72. The van der Waals surface area contributed by atoms with Gasteiger partial charge in [0.1, 0.15) is 11.6 Å². The maximum atomic E-state index is 13.6. The van der Waals surface area contributed by atoms with Crippen molar-refractivity contribution in [3.63, 3.8) is 0 Å². The van der Waals surface area contributed by atoms with Crippen LogP contribution in [0.15, 0.2) is 23.6 Å². The van der Waals surface area contributed by atoms with Crippen molar-refractivity contribution in [2.24, 2.45) is 5.92 Å². The maximum Gasteiger partial charge on any atom is 0.260 e. The molecule has 1 aromatic carbocycles. The Morgan fingerprint density at radius 2 is 2.12 bits per heavy atom. The molecule has 0 radical (unpaired) electrons. The molecule has 2 aromatic rings. The van der Waals surface area contributed by atoms with Gasteiger partial charge in [0.2, 0.25) is 0 Å². The summed E-state index contributed by atoms with van der Waals surface area (Å²) >= 11 is 1.29. The lowest BCUT2D eigenvalue weighted by atomic mass is 9.99. The van der Waals surface area contributed by atoms with E-state index < -0.39 is 17.5 Å². The normalized spacial score (nSPS) is 16.3. The van der Waals surface area contributed by atoms with Gasteiger partial charge in [-0.1, -0.05) is 6.92 Å². The predicted molar refractivity (Wildman–Crippen MR) is 90.1 cm³/mol. The molecule has 1 aliphatic rings. The lowest BCUT2D eigenvalue weighted by Gasteiger charge is -2.29.